The molecular formula is C12H16N4O6. The third-order valence-electron chi connectivity index (χ3n) is 3.22. The van der Waals surface area contributed by atoms with Crippen molar-refractivity contribution in [3.63, 3.8) is 0 Å². The molecule has 2 rings (SSSR count). The molecule has 0 spiro atoms. The van der Waals surface area contributed by atoms with Gasteiger partial charge in [-0.3, -0.25) is 0 Å². The first-order chi connectivity index (χ1) is 10.6. The average Bonchev–Trinajstić information content (AvgIpc) is 2.54. The molecule has 22 heavy (non-hydrogen) atoms. The van der Waals surface area contributed by atoms with Crippen LogP contribution in [-0.2, 0) is 4.74 Å². The first kappa shape index (κ1) is 16.3. The van der Waals surface area contributed by atoms with Gasteiger partial charge in [0.1, 0.15) is 12.2 Å². The Morgan fingerprint density at radius 2 is 2.23 bits per heavy atom. The molecule has 1 fully saturated rings. The van der Waals surface area contributed by atoms with Crippen LogP contribution < -0.4 is 9.47 Å². The Hall–Kier alpha value is -2.10. The maximum absolute atomic E-state index is 10.1. The molecule has 1 aromatic heterocycles. The van der Waals surface area contributed by atoms with E-state index in [9.17, 15) is 15.3 Å². The molecule has 1 unspecified atom stereocenters. The van der Waals surface area contributed by atoms with Crippen molar-refractivity contribution < 1.29 is 29.5 Å². The van der Waals surface area contributed by atoms with Crippen LogP contribution in [0.1, 0.15) is 0 Å². The number of aliphatic hydroxyl groups is 3. The highest BCUT2D eigenvalue weighted by Gasteiger charge is 2.45. The zero-order valence-electron chi connectivity index (χ0n) is 11.7. The second-order valence-corrected chi connectivity index (χ2v) is 4.53. The number of aromatic nitrogens is 1. The summed E-state index contributed by atoms with van der Waals surface area (Å²) < 4.78 is 15.8. The van der Waals surface area contributed by atoms with E-state index in [2.05, 4.69) is 15.0 Å². The zero-order chi connectivity index (χ0) is 16.1. The highest BCUT2D eigenvalue weighted by atomic mass is 16.7. The minimum absolute atomic E-state index is 0.0572. The van der Waals surface area contributed by atoms with E-state index in [1.807, 2.05) is 0 Å². The second kappa shape index (κ2) is 7.25. The summed E-state index contributed by atoms with van der Waals surface area (Å²) in [6.45, 7) is -0.537. The van der Waals surface area contributed by atoms with Crippen molar-refractivity contribution in [1.82, 2.24) is 4.98 Å². The quantitative estimate of drug-likeness (QED) is 0.380. The van der Waals surface area contributed by atoms with Crippen LogP contribution in [-0.4, -0.2) is 64.7 Å². The summed E-state index contributed by atoms with van der Waals surface area (Å²) in [7, 11) is 1.42. The Kier molecular flexibility index (Phi) is 5.36. The van der Waals surface area contributed by atoms with E-state index < -0.39 is 37.3 Å². The predicted octanol–water partition coefficient (Wildman–Crippen LogP) is -0.413. The van der Waals surface area contributed by atoms with Gasteiger partial charge in [0, 0.05) is 11.1 Å². The van der Waals surface area contributed by atoms with Crippen LogP contribution in [0.15, 0.2) is 23.4 Å². The average molecular weight is 312 g/mol. The van der Waals surface area contributed by atoms with E-state index >= 15 is 0 Å². The lowest BCUT2D eigenvalue weighted by Gasteiger charge is -2.39. The molecule has 10 heteroatoms. The maximum atomic E-state index is 10.1. The van der Waals surface area contributed by atoms with Crippen molar-refractivity contribution in [1.29, 1.82) is 0 Å². The Balaban J connectivity index is 2.23. The molecule has 0 bridgehead atoms. The second-order valence-electron chi connectivity index (χ2n) is 4.53. The van der Waals surface area contributed by atoms with Gasteiger partial charge in [0.25, 0.3) is 5.88 Å². The molecular weight excluding hydrogens is 296 g/mol. The number of ether oxygens (including phenoxy) is 3. The fourth-order valence-electron chi connectivity index (χ4n) is 2.09. The number of rotatable bonds is 5. The molecule has 5 atom stereocenters. The maximum Gasteiger partial charge on any atom is 0.259 e. The van der Waals surface area contributed by atoms with Crippen LogP contribution in [0.4, 0.5) is 0 Å². The Labute approximate surface area is 125 Å². The summed E-state index contributed by atoms with van der Waals surface area (Å²) >= 11 is 0. The van der Waals surface area contributed by atoms with Gasteiger partial charge in [0.05, 0.1) is 25.9 Å². The fraction of sp³-hybridized carbons (Fsp3) is 0.583. The number of nitrogens with zero attached hydrogens (tertiary/aromatic N) is 4. The van der Waals surface area contributed by atoms with E-state index in [-0.39, 0.29) is 5.88 Å². The zero-order valence-corrected chi connectivity index (χ0v) is 11.7. The first-order valence-electron chi connectivity index (χ1n) is 6.44. The number of methoxy groups -OCH3 is 1. The molecule has 0 saturated carbocycles. The monoisotopic (exact) mass is 312 g/mol. The summed E-state index contributed by atoms with van der Waals surface area (Å²) in [4.78, 5) is 6.53. The molecule has 1 aliphatic heterocycles. The van der Waals surface area contributed by atoms with Crippen molar-refractivity contribution in [2.75, 3.05) is 13.7 Å². The van der Waals surface area contributed by atoms with Crippen LogP contribution in [0.25, 0.3) is 10.4 Å². The van der Waals surface area contributed by atoms with Gasteiger partial charge in [-0.1, -0.05) is 5.11 Å². The van der Waals surface area contributed by atoms with Gasteiger partial charge in [-0.05, 0) is 17.7 Å². The standard InChI is InChI=1S/C12H16N4O6/c1-20-6-3-2-4-14-11(6)22-12-10(19)8(15-16-13)9(18)7(5-17)21-12/h2-4,7-10,12,17-19H,5H2,1H3/t7-,8+,9-,10-,12?/m1/s1. The first-order valence-corrected chi connectivity index (χ1v) is 6.44. The predicted molar refractivity (Wildman–Crippen MR) is 72.1 cm³/mol. The van der Waals surface area contributed by atoms with Crippen LogP contribution >= 0.6 is 0 Å². The van der Waals surface area contributed by atoms with Crippen LogP contribution in [0, 0.1) is 0 Å². The van der Waals surface area contributed by atoms with Crippen LogP contribution in [0.5, 0.6) is 11.6 Å². The minimum atomic E-state index is -1.44. The fourth-order valence-corrected chi connectivity index (χ4v) is 2.09. The highest BCUT2D eigenvalue weighted by molar-refractivity contribution is 5.32. The Morgan fingerprint density at radius 3 is 2.86 bits per heavy atom. The molecule has 1 aliphatic rings. The molecule has 0 aliphatic carbocycles. The van der Waals surface area contributed by atoms with Gasteiger partial charge in [0.2, 0.25) is 6.29 Å². The third-order valence-corrected chi connectivity index (χ3v) is 3.22. The summed E-state index contributed by atoms with van der Waals surface area (Å²) in [6.07, 6.45) is -3.71. The van der Waals surface area contributed by atoms with Gasteiger partial charge >= 0.3 is 0 Å². The number of hydrogen-bond acceptors (Lipinski definition) is 8. The van der Waals surface area contributed by atoms with E-state index in [4.69, 9.17) is 19.7 Å². The van der Waals surface area contributed by atoms with Crippen molar-refractivity contribution in [2.45, 2.75) is 30.6 Å². The van der Waals surface area contributed by atoms with Gasteiger partial charge in [-0.15, -0.1) is 0 Å². The van der Waals surface area contributed by atoms with Crippen LogP contribution in [0.2, 0.25) is 0 Å². The van der Waals surface area contributed by atoms with E-state index in [1.165, 1.54) is 13.3 Å². The molecule has 2 heterocycles. The third kappa shape index (κ3) is 3.21. The summed E-state index contributed by atoms with van der Waals surface area (Å²) in [5, 5.41) is 32.6. The molecule has 1 aromatic rings. The number of aliphatic hydroxyl groups excluding tert-OH is 3. The highest BCUT2D eigenvalue weighted by Crippen LogP contribution is 2.29. The minimum Gasteiger partial charge on any atom is -0.491 e. The molecule has 0 aromatic carbocycles. The normalized spacial score (nSPS) is 31.2. The smallest absolute Gasteiger partial charge is 0.259 e. The summed E-state index contributed by atoms with van der Waals surface area (Å²) in [5.74, 6) is 0.368. The molecule has 120 valence electrons. The van der Waals surface area contributed by atoms with Crippen LogP contribution in [0.3, 0.4) is 0 Å². The van der Waals surface area contributed by atoms with Gasteiger partial charge in [-0.2, -0.15) is 0 Å². The van der Waals surface area contributed by atoms with Gasteiger partial charge in [-0.25, -0.2) is 4.98 Å². The summed E-state index contributed by atoms with van der Waals surface area (Å²) in [5.41, 5.74) is 8.53. The molecule has 3 N–H and O–H groups in total. The van der Waals surface area contributed by atoms with Crippen molar-refractivity contribution in [2.24, 2.45) is 5.11 Å². The van der Waals surface area contributed by atoms with Gasteiger partial charge in [0.15, 0.2) is 5.75 Å². The number of azide groups is 1. The molecule has 0 radical (unpaired) electrons. The topological polar surface area (TPSA) is 150 Å². The molecule has 0 amide bonds. The van der Waals surface area contributed by atoms with E-state index in [1.54, 1.807) is 12.1 Å². The number of hydrogen-bond donors (Lipinski definition) is 3. The lowest BCUT2D eigenvalue weighted by atomic mass is 9.97. The number of pyridine rings is 1. The lowest BCUT2D eigenvalue weighted by molar-refractivity contribution is -0.248. The van der Waals surface area contributed by atoms with Gasteiger partial charge < -0.3 is 29.5 Å². The van der Waals surface area contributed by atoms with E-state index in [0.29, 0.717) is 5.75 Å². The van der Waals surface area contributed by atoms with Crippen molar-refractivity contribution in [3.8, 4) is 11.6 Å². The van der Waals surface area contributed by atoms with Crippen molar-refractivity contribution >= 4 is 0 Å². The molecule has 10 nitrogen and oxygen atoms in total. The Morgan fingerprint density at radius 1 is 1.45 bits per heavy atom. The Bertz CT molecular complexity index is 552. The summed E-state index contributed by atoms with van der Waals surface area (Å²) in [6, 6.07) is 2.00. The van der Waals surface area contributed by atoms with E-state index in [0.717, 1.165) is 0 Å². The lowest BCUT2D eigenvalue weighted by Crippen LogP contribution is -2.59. The van der Waals surface area contributed by atoms with Crippen molar-refractivity contribution in [3.05, 3.63) is 28.8 Å². The molecule has 1 saturated heterocycles. The largest absolute Gasteiger partial charge is 0.491 e. The SMILES string of the molecule is COc1cccnc1OC1O[C@H](CO)[C@@H](O)[C@H](N=[N+]=[N-])[C@H]1O.